The van der Waals surface area contributed by atoms with Crippen LogP contribution in [0.3, 0.4) is 0 Å². The molecule has 2 N–H and O–H groups in total. The van der Waals surface area contributed by atoms with Crippen molar-refractivity contribution < 1.29 is 23.9 Å². The average Bonchev–Trinajstić information content (AvgIpc) is 3.20. The van der Waals surface area contributed by atoms with Crippen LogP contribution in [0.2, 0.25) is 0 Å². The number of rotatable bonds is 8. The maximum absolute atomic E-state index is 12.7. The van der Waals surface area contributed by atoms with Gasteiger partial charge in [-0.25, -0.2) is 0 Å². The van der Waals surface area contributed by atoms with Crippen LogP contribution >= 0.6 is 0 Å². The number of ether oxygens (including phenoxy) is 2. The molecule has 0 fully saturated rings. The fourth-order valence-electron chi connectivity index (χ4n) is 4.09. The van der Waals surface area contributed by atoms with E-state index >= 15 is 0 Å². The van der Waals surface area contributed by atoms with E-state index < -0.39 is 23.9 Å². The number of carbonyl (C=O) groups is 3. The fourth-order valence-corrected chi connectivity index (χ4v) is 4.09. The molecule has 35 heavy (non-hydrogen) atoms. The highest BCUT2D eigenvalue weighted by Gasteiger charge is 2.20. The van der Waals surface area contributed by atoms with Gasteiger partial charge in [0.25, 0.3) is 11.8 Å². The predicted molar refractivity (Wildman–Crippen MR) is 135 cm³/mol. The Morgan fingerprint density at radius 2 is 1.66 bits per heavy atom. The molecule has 0 radical (unpaired) electrons. The fraction of sp³-hybridized carbons (Fsp3) is 0.222. The molecule has 0 aliphatic carbocycles. The Kier molecular flexibility index (Phi) is 7.01. The molecule has 1 unspecified atom stereocenters. The topological polar surface area (TPSA) is 98.7 Å². The third kappa shape index (κ3) is 4.96. The second-order valence-electron chi connectivity index (χ2n) is 8.00. The summed E-state index contributed by atoms with van der Waals surface area (Å²) in [5.74, 6) is -1.27. The molecule has 0 saturated heterocycles. The van der Waals surface area contributed by atoms with Gasteiger partial charge in [-0.15, -0.1) is 0 Å². The Labute approximate surface area is 202 Å². The number of fused-ring (bicyclic) bond motifs is 3. The summed E-state index contributed by atoms with van der Waals surface area (Å²) < 4.78 is 12.6. The molecule has 0 aliphatic heterocycles. The number of amides is 2. The smallest absolute Gasteiger partial charge is 0.326 e. The minimum Gasteiger partial charge on any atom is -0.496 e. The average molecular weight is 474 g/mol. The number of aryl methyl sites for hydroxylation is 1. The Morgan fingerprint density at radius 3 is 2.43 bits per heavy atom. The summed E-state index contributed by atoms with van der Waals surface area (Å²) in [5.41, 5.74) is 3.12. The summed E-state index contributed by atoms with van der Waals surface area (Å²) in [7, 11) is 1.46. The van der Waals surface area contributed by atoms with Crippen LogP contribution in [-0.4, -0.2) is 42.1 Å². The SMILES string of the molecule is CCn1c2ccccc2c2cc(NC(=O)C(C)OC(=O)CNC(=O)c3ccccc3OC)ccc21. The van der Waals surface area contributed by atoms with E-state index in [1.54, 1.807) is 24.3 Å². The van der Waals surface area contributed by atoms with Gasteiger partial charge in [0.05, 0.1) is 12.7 Å². The van der Waals surface area contributed by atoms with Crippen LogP contribution < -0.4 is 15.4 Å². The summed E-state index contributed by atoms with van der Waals surface area (Å²) in [5, 5.41) is 7.43. The van der Waals surface area contributed by atoms with Crippen LogP contribution in [0.5, 0.6) is 5.75 Å². The molecule has 4 rings (SSSR count). The Bertz CT molecular complexity index is 1410. The highest BCUT2D eigenvalue weighted by atomic mass is 16.5. The van der Waals surface area contributed by atoms with Gasteiger partial charge >= 0.3 is 5.97 Å². The Hall–Kier alpha value is -4.33. The number of hydrogen-bond donors (Lipinski definition) is 2. The van der Waals surface area contributed by atoms with Gasteiger partial charge in [0.15, 0.2) is 6.10 Å². The first-order valence-electron chi connectivity index (χ1n) is 11.4. The first-order chi connectivity index (χ1) is 16.9. The number of benzene rings is 3. The maximum atomic E-state index is 12.7. The van der Waals surface area contributed by atoms with Crippen molar-refractivity contribution >= 4 is 45.3 Å². The molecule has 3 aromatic carbocycles. The zero-order valence-corrected chi connectivity index (χ0v) is 19.8. The minimum atomic E-state index is -1.04. The lowest BCUT2D eigenvalue weighted by atomic mass is 10.1. The van der Waals surface area contributed by atoms with E-state index in [2.05, 4.69) is 34.3 Å². The highest BCUT2D eigenvalue weighted by molar-refractivity contribution is 6.10. The number of aromatic nitrogens is 1. The monoisotopic (exact) mass is 473 g/mol. The summed E-state index contributed by atoms with van der Waals surface area (Å²) in [4.78, 5) is 37.2. The summed E-state index contributed by atoms with van der Waals surface area (Å²) in [6.07, 6.45) is -1.04. The first kappa shape index (κ1) is 23.8. The number of anilines is 1. The number of carbonyl (C=O) groups excluding carboxylic acids is 3. The van der Waals surface area contributed by atoms with Crippen molar-refractivity contribution in [3.63, 3.8) is 0 Å². The summed E-state index contributed by atoms with van der Waals surface area (Å²) in [6.45, 7) is 4.03. The third-order valence-corrected chi connectivity index (χ3v) is 5.78. The third-order valence-electron chi connectivity index (χ3n) is 5.78. The van der Waals surface area contributed by atoms with Gasteiger partial charge in [-0.3, -0.25) is 14.4 Å². The molecule has 180 valence electrons. The van der Waals surface area contributed by atoms with E-state index in [0.29, 0.717) is 17.0 Å². The van der Waals surface area contributed by atoms with E-state index in [1.807, 2.05) is 30.3 Å². The molecule has 0 saturated carbocycles. The minimum absolute atomic E-state index is 0.299. The van der Waals surface area contributed by atoms with Gasteiger partial charge in [0.2, 0.25) is 0 Å². The standard InChI is InChI=1S/C27H27N3O5/c1-4-30-22-11-7-5-9-19(22)21-15-18(13-14-23(21)30)29-26(32)17(2)35-25(31)16-28-27(33)20-10-6-8-12-24(20)34-3/h5-15,17H,4,16H2,1-3H3,(H,28,33)(H,29,32). The first-order valence-corrected chi connectivity index (χ1v) is 11.4. The van der Waals surface area contributed by atoms with Crippen LogP contribution in [-0.2, 0) is 20.9 Å². The van der Waals surface area contributed by atoms with Crippen LogP contribution in [0.15, 0.2) is 66.7 Å². The normalized spacial score (nSPS) is 11.7. The lowest BCUT2D eigenvalue weighted by Gasteiger charge is -2.14. The number of para-hydroxylation sites is 2. The van der Waals surface area contributed by atoms with Crippen molar-refractivity contribution in [3.05, 3.63) is 72.3 Å². The number of methoxy groups -OCH3 is 1. The number of esters is 1. The highest BCUT2D eigenvalue weighted by Crippen LogP contribution is 2.31. The van der Waals surface area contributed by atoms with Crippen molar-refractivity contribution in [2.45, 2.75) is 26.5 Å². The lowest BCUT2D eigenvalue weighted by Crippen LogP contribution is -2.35. The van der Waals surface area contributed by atoms with Crippen molar-refractivity contribution in [1.29, 1.82) is 0 Å². The number of nitrogens with zero attached hydrogens (tertiary/aromatic N) is 1. The molecule has 4 aromatic rings. The molecule has 0 spiro atoms. The zero-order valence-electron chi connectivity index (χ0n) is 19.8. The van der Waals surface area contributed by atoms with E-state index in [4.69, 9.17) is 9.47 Å². The van der Waals surface area contributed by atoms with Crippen molar-refractivity contribution in [2.24, 2.45) is 0 Å². The molecule has 0 bridgehead atoms. The maximum Gasteiger partial charge on any atom is 0.326 e. The molecule has 8 heteroatoms. The molecule has 0 aliphatic rings. The van der Waals surface area contributed by atoms with E-state index in [9.17, 15) is 14.4 Å². The van der Waals surface area contributed by atoms with Crippen molar-refractivity contribution in [2.75, 3.05) is 19.0 Å². The van der Waals surface area contributed by atoms with E-state index in [1.165, 1.54) is 14.0 Å². The number of hydrogen-bond acceptors (Lipinski definition) is 5. The van der Waals surface area contributed by atoms with E-state index in [-0.39, 0.29) is 6.54 Å². The van der Waals surface area contributed by atoms with E-state index in [0.717, 1.165) is 28.4 Å². The van der Waals surface area contributed by atoms with Crippen molar-refractivity contribution in [3.8, 4) is 5.75 Å². The van der Waals surface area contributed by atoms with Gasteiger partial charge in [-0.1, -0.05) is 30.3 Å². The molecule has 2 amide bonds. The van der Waals surface area contributed by atoms with Gasteiger partial charge in [0, 0.05) is 34.0 Å². The van der Waals surface area contributed by atoms with Crippen molar-refractivity contribution in [1.82, 2.24) is 9.88 Å². The van der Waals surface area contributed by atoms with Crippen LogP contribution in [0, 0.1) is 0 Å². The molecule has 1 heterocycles. The summed E-state index contributed by atoms with van der Waals surface area (Å²) >= 11 is 0. The van der Waals surface area contributed by atoms with Crippen LogP contribution in [0.1, 0.15) is 24.2 Å². The largest absolute Gasteiger partial charge is 0.496 e. The second-order valence-corrected chi connectivity index (χ2v) is 8.00. The van der Waals surface area contributed by atoms with Gasteiger partial charge in [-0.05, 0) is 50.2 Å². The van der Waals surface area contributed by atoms with Crippen LogP contribution in [0.25, 0.3) is 21.8 Å². The van der Waals surface area contributed by atoms with Gasteiger partial charge in [-0.2, -0.15) is 0 Å². The Balaban J connectivity index is 1.38. The molecule has 1 atom stereocenters. The molecule has 1 aromatic heterocycles. The van der Waals surface area contributed by atoms with Crippen LogP contribution in [0.4, 0.5) is 5.69 Å². The number of nitrogens with one attached hydrogen (secondary N) is 2. The summed E-state index contributed by atoms with van der Waals surface area (Å²) in [6, 6.07) is 20.5. The molecular formula is C27H27N3O5. The Morgan fingerprint density at radius 1 is 0.943 bits per heavy atom. The predicted octanol–water partition coefficient (Wildman–Crippen LogP) is 4.12. The lowest BCUT2D eigenvalue weighted by molar-refractivity contribution is -0.152. The quantitative estimate of drug-likeness (QED) is 0.375. The molecular weight excluding hydrogens is 446 g/mol. The second kappa shape index (κ2) is 10.3. The van der Waals surface area contributed by atoms with Gasteiger partial charge in [0.1, 0.15) is 12.3 Å². The molecule has 8 nitrogen and oxygen atoms in total. The zero-order chi connectivity index (χ0) is 24.9. The van der Waals surface area contributed by atoms with Gasteiger partial charge < -0.3 is 24.7 Å².